The van der Waals surface area contributed by atoms with Crippen LogP contribution in [-0.2, 0) is 0 Å². The Hall–Kier alpha value is -1.90. The lowest BCUT2D eigenvalue weighted by atomic mass is 10.1. The molecule has 1 aromatic heterocycles. The van der Waals surface area contributed by atoms with E-state index in [-0.39, 0.29) is 25.2 Å². The van der Waals surface area contributed by atoms with Gasteiger partial charge in [0.05, 0.1) is 23.8 Å². The minimum absolute atomic E-state index is 0.106. The van der Waals surface area contributed by atoms with Crippen molar-refractivity contribution in [2.45, 2.75) is 13.0 Å². The molecule has 1 unspecified atom stereocenters. The van der Waals surface area contributed by atoms with Crippen LogP contribution in [0.25, 0.3) is 0 Å². The summed E-state index contributed by atoms with van der Waals surface area (Å²) >= 11 is 0. The number of aliphatic hydroxyl groups excluding tert-OH is 2. The van der Waals surface area contributed by atoms with Crippen molar-refractivity contribution in [2.75, 3.05) is 20.3 Å². The molecule has 5 nitrogen and oxygen atoms in total. The van der Waals surface area contributed by atoms with E-state index >= 15 is 0 Å². The second-order valence-electron chi connectivity index (χ2n) is 3.83. The van der Waals surface area contributed by atoms with Gasteiger partial charge in [-0.25, -0.2) is 0 Å². The SMILES string of the molecule is CC(CO)N(C)C(=O)c1ccncc1C#CCO. The van der Waals surface area contributed by atoms with Gasteiger partial charge >= 0.3 is 0 Å². The van der Waals surface area contributed by atoms with Gasteiger partial charge in [0.1, 0.15) is 6.61 Å². The number of hydrogen-bond acceptors (Lipinski definition) is 4. The van der Waals surface area contributed by atoms with Gasteiger partial charge in [-0.15, -0.1) is 0 Å². The number of pyridine rings is 1. The fourth-order valence-corrected chi connectivity index (χ4v) is 1.33. The van der Waals surface area contributed by atoms with Gasteiger partial charge in [0.15, 0.2) is 0 Å². The lowest BCUT2D eigenvalue weighted by Gasteiger charge is -2.23. The summed E-state index contributed by atoms with van der Waals surface area (Å²) in [4.78, 5) is 17.5. The third-order valence-electron chi connectivity index (χ3n) is 2.60. The van der Waals surface area contributed by atoms with Crippen molar-refractivity contribution in [3.8, 4) is 11.8 Å². The summed E-state index contributed by atoms with van der Waals surface area (Å²) in [5, 5.41) is 17.7. The quantitative estimate of drug-likeness (QED) is 0.731. The molecule has 0 aromatic carbocycles. The Bertz CT molecular complexity index is 477. The number of carbonyl (C=O) groups excluding carboxylic acids is 1. The maximum atomic E-state index is 12.2. The zero-order chi connectivity index (χ0) is 13.5. The van der Waals surface area contributed by atoms with Crippen LogP contribution in [0.15, 0.2) is 18.5 Å². The Morgan fingerprint density at radius 1 is 1.56 bits per heavy atom. The van der Waals surface area contributed by atoms with Gasteiger partial charge < -0.3 is 15.1 Å². The van der Waals surface area contributed by atoms with Gasteiger partial charge in [0.25, 0.3) is 5.91 Å². The first-order chi connectivity index (χ1) is 8.61. The third-order valence-corrected chi connectivity index (χ3v) is 2.60. The van der Waals surface area contributed by atoms with Gasteiger partial charge in [-0.05, 0) is 13.0 Å². The number of likely N-dealkylation sites (N-methyl/N-ethyl adjacent to an activating group) is 1. The van der Waals surface area contributed by atoms with Crippen LogP contribution in [0.3, 0.4) is 0 Å². The third kappa shape index (κ3) is 3.29. The predicted molar refractivity (Wildman–Crippen MR) is 66.8 cm³/mol. The van der Waals surface area contributed by atoms with Crippen molar-refractivity contribution in [1.82, 2.24) is 9.88 Å². The number of hydrogen-bond donors (Lipinski definition) is 2. The van der Waals surface area contributed by atoms with Crippen molar-refractivity contribution in [1.29, 1.82) is 0 Å². The molecule has 0 radical (unpaired) electrons. The molecule has 1 atom stereocenters. The molecule has 2 N–H and O–H groups in total. The molecule has 0 aliphatic carbocycles. The van der Waals surface area contributed by atoms with E-state index in [4.69, 9.17) is 10.2 Å². The Labute approximate surface area is 106 Å². The maximum Gasteiger partial charge on any atom is 0.255 e. The zero-order valence-corrected chi connectivity index (χ0v) is 10.4. The van der Waals surface area contributed by atoms with E-state index < -0.39 is 0 Å². The molecule has 0 saturated carbocycles. The van der Waals surface area contributed by atoms with Crippen LogP contribution in [0.4, 0.5) is 0 Å². The van der Waals surface area contributed by atoms with E-state index in [1.807, 2.05) is 0 Å². The van der Waals surface area contributed by atoms with E-state index in [1.165, 1.54) is 17.3 Å². The zero-order valence-electron chi connectivity index (χ0n) is 10.4. The summed E-state index contributed by atoms with van der Waals surface area (Å²) in [6.45, 7) is 1.37. The highest BCUT2D eigenvalue weighted by molar-refractivity contribution is 5.96. The normalized spacial score (nSPS) is 11.3. The Morgan fingerprint density at radius 2 is 2.28 bits per heavy atom. The van der Waals surface area contributed by atoms with Gasteiger partial charge in [-0.2, -0.15) is 0 Å². The number of nitrogens with zero attached hydrogens (tertiary/aromatic N) is 2. The van der Waals surface area contributed by atoms with E-state index in [0.717, 1.165) is 0 Å². The molecule has 0 fully saturated rings. The molecule has 0 saturated heterocycles. The smallest absolute Gasteiger partial charge is 0.255 e. The molecule has 1 amide bonds. The van der Waals surface area contributed by atoms with Crippen molar-refractivity contribution >= 4 is 5.91 Å². The average molecular weight is 248 g/mol. The van der Waals surface area contributed by atoms with E-state index in [0.29, 0.717) is 11.1 Å². The second kappa shape index (κ2) is 6.74. The van der Waals surface area contributed by atoms with E-state index in [1.54, 1.807) is 20.0 Å². The summed E-state index contributed by atoms with van der Waals surface area (Å²) < 4.78 is 0. The van der Waals surface area contributed by atoms with Crippen molar-refractivity contribution in [3.05, 3.63) is 29.6 Å². The molecule has 1 heterocycles. The Balaban J connectivity index is 3.05. The van der Waals surface area contributed by atoms with Crippen LogP contribution in [-0.4, -0.2) is 52.3 Å². The Kier molecular flexibility index (Phi) is 5.31. The topological polar surface area (TPSA) is 73.7 Å². The highest BCUT2D eigenvalue weighted by Crippen LogP contribution is 2.10. The number of aromatic nitrogens is 1. The van der Waals surface area contributed by atoms with Gasteiger partial charge in [0, 0.05) is 19.4 Å². The molecule has 0 bridgehead atoms. The van der Waals surface area contributed by atoms with Crippen LogP contribution in [0.1, 0.15) is 22.8 Å². The molecule has 18 heavy (non-hydrogen) atoms. The summed E-state index contributed by atoms with van der Waals surface area (Å²) in [6, 6.07) is 1.30. The molecular formula is C13H16N2O3. The van der Waals surface area contributed by atoms with Crippen LogP contribution < -0.4 is 0 Å². The molecule has 0 spiro atoms. The molecule has 1 aromatic rings. The maximum absolute atomic E-state index is 12.2. The fourth-order valence-electron chi connectivity index (χ4n) is 1.33. The van der Waals surface area contributed by atoms with Crippen molar-refractivity contribution in [2.24, 2.45) is 0 Å². The minimum atomic E-state index is -0.274. The van der Waals surface area contributed by atoms with Crippen LogP contribution >= 0.6 is 0 Å². The standard InChI is InChI=1S/C13H16N2O3/c1-10(9-17)15(2)13(18)12-5-6-14-8-11(12)4-3-7-16/h5-6,8,10,16-17H,7,9H2,1-2H3. The second-order valence-corrected chi connectivity index (χ2v) is 3.83. The number of aliphatic hydroxyl groups is 2. The number of carbonyl (C=O) groups is 1. The number of rotatable bonds is 3. The van der Waals surface area contributed by atoms with Crippen molar-refractivity contribution < 1.29 is 15.0 Å². The molecule has 1 rings (SSSR count). The van der Waals surface area contributed by atoms with Gasteiger partial charge in [0.2, 0.25) is 0 Å². The molecular weight excluding hydrogens is 232 g/mol. The van der Waals surface area contributed by atoms with Crippen LogP contribution in [0.5, 0.6) is 0 Å². The number of amides is 1. The highest BCUT2D eigenvalue weighted by atomic mass is 16.3. The minimum Gasteiger partial charge on any atom is -0.394 e. The first kappa shape index (κ1) is 14.2. The molecule has 0 aliphatic heterocycles. The molecule has 96 valence electrons. The van der Waals surface area contributed by atoms with Crippen LogP contribution in [0, 0.1) is 11.8 Å². The van der Waals surface area contributed by atoms with E-state index in [2.05, 4.69) is 16.8 Å². The molecule has 0 aliphatic rings. The Morgan fingerprint density at radius 3 is 2.89 bits per heavy atom. The largest absolute Gasteiger partial charge is 0.394 e. The average Bonchev–Trinajstić information content (AvgIpc) is 2.42. The lowest BCUT2D eigenvalue weighted by molar-refractivity contribution is 0.0682. The predicted octanol–water partition coefficient (Wildman–Crippen LogP) is -0.122. The van der Waals surface area contributed by atoms with Gasteiger partial charge in [-0.3, -0.25) is 9.78 Å². The van der Waals surface area contributed by atoms with Crippen molar-refractivity contribution in [3.63, 3.8) is 0 Å². The monoisotopic (exact) mass is 248 g/mol. The van der Waals surface area contributed by atoms with E-state index in [9.17, 15) is 4.79 Å². The summed E-state index contributed by atoms with van der Waals surface area (Å²) in [7, 11) is 1.62. The summed E-state index contributed by atoms with van der Waals surface area (Å²) in [5.74, 6) is 4.94. The fraction of sp³-hybridized carbons (Fsp3) is 0.385. The lowest BCUT2D eigenvalue weighted by Crippen LogP contribution is -2.37. The van der Waals surface area contributed by atoms with Gasteiger partial charge in [-0.1, -0.05) is 11.8 Å². The summed E-state index contributed by atoms with van der Waals surface area (Å²) in [6.07, 6.45) is 2.99. The summed E-state index contributed by atoms with van der Waals surface area (Å²) in [5.41, 5.74) is 0.877. The first-order valence-electron chi connectivity index (χ1n) is 5.53. The first-order valence-corrected chi connectivity index (χ1v) is 5.53. The molecule has 5 heteroatoms. The highest BCUT2D eigenvalue weighted by Gasteiger charge is 2.18. The van der Waals surface area contributed by atoms with Crippen LogP contribution in [0.2, 0.25) is 0 Å².